The first-order valence-corrected chi connectivity index (χ1v) is 10.4. The molecule has 1 N–H and O–H groups in total. The number of hydrazone groups is 1. The van der Waals surface area contributed by atoms with Crippen LogP contribution in [0.4, 0.5) is 4.39 Å². The Morgan fingerprint density at radius 2 is 1.90 bits per heavy atom. The smallest absolute Gasteiger partial charge is 0.128 e. The zero-order valence-corrected chi connectivity index (χ0v) is 19.3. The number of nitrogens with one attached hydrogen (secondary N) is 1. The number of benzene rings is 1. The second-order valence-corrected chi connectivity index (χ2v) is 5.87. The quantitative estimate of drug-likeness (QED) is 0.150. The highest BCUT2D eigenvalue weighted by Gasteiger charge is 2.11. The average molecular weight is 422 g/mol. The molecular formula is C24H37ClFN3. The van der Waals surface area contributed by atoms with Gasteiger partial charge in [-0.2, -0.15) is 5.10 Å². The largest absolute Gasteiger partial charge is 0.319 e. The summed E-state index contributed by atoms with van der Waals surface area (Å²) in [5, 5.41) is 9.62. The molecule has 3 nitrogen and oxygen atoms in total. The van der Waals surface area contributed by atoms with E-state index in [0.717, 1.165) is 24.4 Å². The van der Waals surface area contributed by atoms with Crippen molar-refractivity contribution in [3.05, 3.63) is 84.9 Å². The van der Waals surface area contributed by atoms with E-state index in [0.29, 0.717) is 18.0 Å². The van der Waals surface area contributed by atoms with Crippen molar-refractivity contribution >= 4 is 17.3 Å². The lowest BCUT2D eigenvalue weighted by molar-refractivity contribution is 0.335. The predicted octanol–water partition coefficient (Wildman–Crippen LogP) is 6.70. The Labute approximate surface area is 182 Å². The van der Waals surface area contributed by atoms with Crippen LogP contribution in [0.1, 0.15) is 39.7 Å². The van der Waals surface area contributed by atoms with E-state index in [1.54, 1.807) is 24.3 Å². The third-order valence-electron chi connectivity index (χ3n) is 3.43. The van der Waals surface area contributed by atoms with E-state index in [1.165, 1.54) is 6.07 Å². The molecule has 0 aliphatic carbocycles. The zero-order chi connectivity index (χ0) is 22.5. The van der Waals surface area contributed by atoms with E-state index in [2.05, 4.69) is 23.6 Å². The minimum absolute atomic E-state index is 0.212. The van der Waals surface area contributed by atoms with Gasteiger partial charge in [-0.05, 0) is 33.0 Å². The van der Waals surface area contributed by atoms with Crippen LogP contribution in [0.15, 0.2) is 78.6 Å². The van der Waals surface area contributed by atoms with Crippen LogP contribution in [0.25, 0.3) is 0 Å². The average Bonchev–Trinajstić information content (AvgIpc) is 2.75. The van der Waals surface area contributed by atoms with Gasteiger partial charge in [-0.3, -0.25) is 5.01 Å². The van der Waals surface area contributed by atoms with Crippen LogP contribution in [0.3, 0.4) is 0 Å². The van der Waals surface area contributed by atoms with Crippen LogP contribution in [0, 0.1) is 5.82 Å². The molecule has 5 heteroatoms. The molecule has 0 unspecified atom stereocenters. The maximum Gasteiger partial charge on any atom is 0.128 e. The van der Waals surface area contributed by atoms with Crippen LogP contribution < -0.4 is 5.32 Å². The first-order chi connectivity index (χ1) is 14.0. The van der Waals surface area contributed by atoms with Crippen LogP contribution in [-0.2, 0) is 6.54 Å². The monoisotopic (exact) mass is 421 g/mol. The van der Waals surface area contributed by atoms with Crippen LogP contribution in [0.2, 0.25) is 0 Å². The fourth-order valence-electron chi connectivity index (χ4n) is 2.10. The molecule has 0 aliphatic rings. The van der Waals surface area contributed by atoms with Gasteiger partial charge < -0.3 is 5.32 Å². The van der Waals surface area contributed by atoms with Crippen molar-refractivity contribution in [3.8, 4) is 0 Å². The lowest BCUT2D eigenvalue weighted by Crippen LogP contribution is -2.21. The van der Waals surface area contributed by atoms with Crippen LogP contribution in [-0.4, -0.2) is 30.2 Å². The van der Waals surface area contributed by atoms with E-state index in [9.17, 15) is 4.39 Å². The lowest BCUT2D eigenvalue weighted by Gasteiger charge is -2.23. The Kier molecular flexibility index (Phi) is 20.6. The van der Waals surface area contributed by atoms with Gasteiger partial charge in [0.05, 0.1) is 12.3 Å². The van der Waals surface area contributed by atoms with Crippen molar-refractivity contribution in [2.75, 3.05) is 19.5 Å². The van der Waals surface area contributed by atoms with E-state index < -0.39 is 0 Å². The third-order valence-corrected chi connectivity index (χ3v) is 3.65. The summed E-state index contributed by atoms with van der Waals surface area (Å²) in [5.41, 5.74) is 2.51. The summed E-state index contributed by atoms with van der Waals surface area (Å²) in [6, 6.07) is 6.80. The summed E-state index contributed by atoms with van der Waals surface area (Å²) in [5.74, 6) is 0.344. The van der Waals surface area contributed by atoms with Crippen molar-refractivity contribution in [2.24, 2.45) is 5.10 Å². The maximum absolute atomic E-state index is 14.0. The second-order valence-electron chi connectivity index (χ2n) is 5.56. The summed E-state index contributed by atoms with van der Waals surface area (Å²) in [6.07, 6.45) is 9.91. The number of halogens is 2. The van der Waals surface area contributed by atoms with Crippen molar-refractivity contribution in [2.45, 2.75) is 40.7 Å². The van der Waals surface area contributed by atoms with Gasteiger partial charge in [-0.15, -0.1) is 18.2 Å². The summed E-state index contributed by atoms with van der Waals surface area (Å²) < 4.78 is 14.0. The molecule has 1 aromatic carbocycles. The van der Waals surface area contributed by atoms with Crippen molar-refractivity contribution < 1.29 is 4.39 Å². The molecule has 29 heavy (non-hydrogen) atoms. The van der Waals surface area contributed by atoms with Gasteiger partial charge in [0.1, 0.15) is 5.82 Å². The molecule has 0 bridgehead atoms. The summed E-state index contributed by atoms with van der Waals surface area (Å²) in [4.78, 5) is 0. The second kappa shape index (κ2) is 20.6. The molecule has 0 saturated carbocycles. The summed E-state index contributed by atoms with van der Waals surface area (Å²) >= 11 is 5.07. The van der Waals surface area contributed by atoms with E-state index >= 15 is 0 Å². The highest BCUT2D eigenvalue weighted by Crippen LogP contribution is 2.17. The van der Waals surface area contributed by atoms with E-state index in [-0.39, 0.29) is 5.82 Å². The Morgan fingerprint density at radius 1 is 1.28 bits per heavy atom. The first kappa shape index (κ1) is 29.0. The highest BCUT2D eigenvalue weighted by atomic mass is 35.5. The summed E-state index contributed by atoms with van der Waals surface area (Å²) in [6.45, 7) is 16.1. The van der Waals surface area contributed by atoms with Crippen LogP contribution >= 0.6 is 11.6 Å². The molecule has 0 fully saturated rings. The van der Waals surface area contributed by atoms with Gasteiger partial charge in [0.15, 0.2) is 0 Å². The molecule has 0 atom stereocenters. The number of hydrogen-bond donors (Lipinski definition) is 1. The zero-order valence-electron chi connectivity index (χ0n) is 18.6. The molecular weight excluding hydrogens is 385 g/mol. The Balaban J connectivity index is 0. The Hall–Kier alpha value is -2.17. The van der Waals surface area contributed by atoms with Gasteiger partial charge in [0.25, 0.3) is 0 Å². The molecule has 0 saturated heterocycles. The molecule has 0 heterocycles. The molecule has 0 spiro atoms. The highest BCUT2D eigenvalue weighted by molar-refractivity contribution is 6.18. The predicted molar refractivity (Wildman–Crippen MR) is 129 cm³/mol. The number of rotatable bonds is 10. The fraction of sp³-hybridized carbons (Fsp3) is 0.375. The van der Waals surface area contributed by atoms with Crippen molar-refractivity contribution in [3.63, 3.8) is 0 Å². The fourth-order valence-corrected chi connectivity index (χ4v) is 2.10. The number of hydrogen-bond acceptors (Lipinski definition) is 3. The number of alkyl halides is 1. The van der Waals surface area contributed by atoms with Crippen molar-refractivity contribution in [1.29, 1.82) is 0 Å². The minimum atomic E-state index is -0.212. The van der Waals surface area contributed by atoms with Gasteiger partial charge in [0, 0.05) is 30.1 Å². The van der Waals surface area contributed by atoms with Gasteiger partial charge in [-0.25, -0.2) is 4.39 Å². The SMILES string of the molecule is C=C/C=C/C(C)=N/N(Cc1ccccc1F)/C(=C/C)CCNC.C=CCCl.CC. The topological polar surface area (TPSA) is 27.6 Å². The van der Waals surface area contributed by atoms with Crippen molar-refractivity contribution in [1.82, 2.24) is 10.3 Å². The Morgan fingerprint density at radius 3 is 2.38 bits per heavy atom. The minimum Gasteiger partial charge on any atom is -0.319 e. The third kappa shape index (κ3) is 14.5. The molecule has 162 valence electrons. The molecule has 0 aliphatic heterocycles. The van der Waals surface area contributed by atoms with E-state index in [1.807, 2.05) is 64.0 Å². The number of nitrogens with zero attached hydrogens (tertiary/aromatic N) is 2. The molecule has 0 aromatic heterocycles. The molecule has 0 amide bonds. The van der Waals surface area contributed by atoms with Gasteiger partial charge >= 0.3 is 0 Å². The summed E-state index contributed by atoms with van der Waals surface area (Å²) in [7, 11) is 1.91. The molecule has 1 rings (SSSR count). The number of allylic oxidation sites excluding steroid dienone is 5. The molecule has 1 aromatic rings. The van der Waals surface area contributed by atoms with Gasteiger partial charge in [-0.1, -0.05) is 62.9 Å². The van der Waals surface area contributed by atoms with Gasteiger partial charge in [0.2, 0.25) is 0 Å². The standard InChI is InChI=1S/C19H26FN3.C3H5Cl.C2H6/c1-5-7-10-16(3)22-23(18(6-2)13-14-21-4)15-17-11-8-9-12-19(17)20;1-2-3-4;1-2/h5-12,21H,1,13-15H2,2-4H3;2H,1,3H2;1-2H3/b10-7+,18-6+,22-16+;;. The normalized spacial score (nSPS) is 11.1. The maximum atomic E-state index is 14.0. The lowest BCUT2D eigenvalue weighted by atomic mass is 10.2. The molecule has 0 radical (unpaired) electrons. The van der Waals surface area contributed by atoms with E-state index in [4.69, 9.17) is 11.6 Å². The van der Waals surface area contributed by atoms with Crippen LogP contribution in [0.5, 0.6) is 0 Å². The first-order valence-electron chi connectivity index (χ1n) is 9.85. The Bertz CT molecular complexity index is 651.